The fourth-order valence-corrected chi connectivity index (χ4v) is 2.57. The van der Waals surface area contributed by atoms with Gasteiger partial charge in [0.1, 0.15) is 0 Å². The Hall–Kier alpha value is -1.78. The van der Waals surface area contributed by atoms with Crippen molar-refractivity contribution in [2.75, 3.05) is 12.4 Å². The first-order valence-corrected chi connectivity index (χ1v) is 6.87. The lowest BCUT2D eigenvalue weighted by Gasteiger charge is -2.09. The minimum atomic E-state index is -4.65. The molecule has 0 aliphatic rings. The third-order valence-corrected chi connectivity index (χ3v) is 4.06. The number of aromatic nitrogens is 2. The number of hydrogen-bond acceptors (Lipinski definition) is 5. The van der Waals surface area contributed by atoms with Gasteiger partial charge in [-0.05, 0) is 0 Å². The second-order valence-corrected chi connectivity index (χ2v) is 5.91. The van der Waals surface area contributed by atoms with Crippen LogP contribution in [0.2, 0.25) is 0 Å². The van der Waals surface area contributed by atoms with Gasteiger partial charge in [0.25, 0.3) is 6.01 Å². The zero-order valence-electron chi connectivity index (χ0n) is 10.4. The molecule has 11 heteroatoms. The van der Waals surface area contributed by atoms with Crippen LogP contribution >= 0.6 is 0 Å². The molecule has 1 rings (SSSR count). The van der Waals surface area contributed by atoms with Crippen LogP contribution in [-0.4, -0.2) is 47.6 Å². The van der Waals surface area contributed by atoms with Gasteiger partial charge in [-0.15, -0.1) is 0 Å². The Morgan fingerprint density at radius 2 is 2.00 bits per heavy atom. The molecule has 1 aromatic rings. The highest BCUT2D eigenvalue weighted by Crippen LogP contribution is 2.24. The van der Waals surface area contributed by atoms with Gasteiger partial charge in [-0.25, -0.2) is 13.2 Å². The van der Waals surface area contributed by atoms with Gasteiger partial charge in [-0.3, -0.25) is 4.57 Å². The summed E-state index contributed by atoms with van der Waals surface area (Å²) in [5.41, 5.74) is -0.869. The van der Waals surface area contributed by atoms with E-state index in [1.54, 1.807) is 0 Å². The lowest BCUT2D eigenvalue weighted by Crippen LogP contribution is -2.21. The summed E-state index contributed by atoms with van der Waals surface area (Å²) in [6.07, 6.45) is -4.65. The van der Waals surface area contributed by atoms with Crippen molar-refractivity contribution < 1.29 is 36.2 Å². The minimum absolute atomic E-state index is 0.425. The molecule has 20 heavy (non-hydrogen) atoms. The predicted molar refractivity (Wildman–Crippen MR) is 59.4 cm³/mol. The third-order valence-electron chi connectivity index (χ3n) is 2.24. The molecule has 0 saturated heterocycles. The summed E-state index contributed by atoms with van der Waals surface area (Å²) < 4.78 is 64.6. The zero-order valence-corrected chi connectivity index (χ0v) is 11.2. The fraction of sp³-hybridized carbons (Fsp3) is 0.556. The van der Waals surface area contributed by atoms with Crippen molar-refractivity contribution in [1.29, 1.82) is 0 Å². The average Bonchev–Trinajstić information content (AvgIpc) is 2.64. The van der Waals surface area contributed by atoms with E-state index in [1.807, 2.05) is 0 Å². The van der Waals surface area contributed by atoms with Gasteiger partial charge >= 0.3 is 12.1 Å². The molecule has 0 aliphatic heterocycles. The molecule has 1 aromatic heterocycles. The topological polar surface area (TPSA) is 98.5 Å². The number of hydrogen-bond donors (Lipinski definition) is 1. The van der Waals surface area contributed by atoms with E-state index in [-0.39, 0.29) is 0 Å². The van der Waals surface area contributed by atoms with Gasteiger partial charge < -0.3 is 9.84 Å². The number of nitrogens with zero attached hydrogens (tertiary/aromatic N) is 2. The Kier molecular flexibility index (Phi) is 4.32. The SMILES string of the molecule is CCS(=O)(=O)c1c(C(=O)O)nc(OCC(F)(F)F)n1C. The maximum Gasteiger partial charge on any atom is 0.422 e. The molecular formula is C9H11F3N2O5S. The number of alkyl halides is 3. The Morgan fingerprint density at radius 1 is 1.45 bits per heavy atom. The fourth-order valence-electron chi connectivity index (χ4n) is 1.37. The van der Waals surface area contributed by atoms with Crippen LogP contribution in [0.5, 0.6) is 6.01 Å². The molecule has 114 valence electrons. The summed E-state index contributed by atoms with van der Waals surface area (Å²) in [5.74, 6) is -2.10. The average molecular weight is 316 g/mol. The van der Waals surface area contributed by atoms with E-state index in [1.165, 1.54) is 6.92 Å². The molecule has 0 radical (unpaired) electrons. The number of carboxylic acid groups (broad SMARTS) is 1. The molecule has 0 atom stereocenters. The predicted octanol–water partition coefficient (Wildman–Crippen LogP) is 0.853. The Balaban J connectivity index is 3.32. The largest absolute Gasteiger partial charge is 0.476 e. The Labute approximate surface area is 111 Å². The van der Waals surface area contributed by atoms with Gasteiger partial charge in [0.2, 0.25) is 0 Å². The minimum Gasteiger partial charge on any atom is -0.476 e. The first kappa shape index (κ1) is 16.3. The third kappa shape index (κ3) is 3.40. The summed E-state index contributed by atoms with van der Waals surface area (Å²) in [6, 6.07) is -0.730. The van der Waals surface area contributed by atoms with Gasteiger partial charge in [-0.1, -0.05) is 6.92 Å². The molecule has 1 heterocycles. The molecule has 0 amide bonds. The van der Waals surface area contributed by atoms with Crippen LogP contribution in [-0.2, 0) is 16.9 Å². The molecule has 0 fully saturated rings. The summed E-state index contributed by atoms with van der Waals surface area (Å²) in [5, 5.41) is 8.18. The second kappa shape index (κ2) is 5.31. The molecule has 0 unspecified atom stereocenters. The van der Waals surface area contributed by atoms with Crippen molar-refractivity contribution in [2.24, 2.45) is 7.05 Å². The van der Waals surface area contributed by atoms with E-state index >= 15 is 0 Å². The van der Waals surface area contributed by atoms with Gasteiger partial charge in [0.15, 0.2) is 27.2 Å². The van der Waals surface area contributed by atoms with E-state index in [4.69, 9.17) is 5.11 Å². The maximum absolute atomic E-state index is 12.0. The van der Waals surface area contributed by atoms with Crippen molar-refractivity contribution >= 4 is 15.8 Å². The number of carboxylic acids is 1. The second-order valence-electron chi connectivity index (χ2n) is 3.72. The van der Waals surface area contributed by atoms with Gasteiger partial charge in [0, 0.05) is 7.05 Å². The van der Waals surface area contributed by atoms with Crippen molar-refractivity contribution in [1.82, 2.24) is 9.55 Å². The molecule has 1 N–H and O–H groups in total. The van der Waals surface area contributed by atoms with E-state index in [0.717, 1.165) is 7.05 Å². The molecule has 0 saturated carbocycles. The van der Waals surface area contributed by atoms with Crippen LogP contribution in [0.15, 0.2) is 5.03 Å². The van der Waals surface area contributed by atoms with Crippen LogP contribution in [0.4, 0.5) is 13.2 Å². The molecule has 0 bridgehead atoms. The van der Waals surface area contributed by atoms with Crippen molar-refractivity contribution in [3.05, 3.63) is 5.69 Å². The van der Waals surface area contributed by atoms with Crippen LogP contribution in [0.3, 0.4) is 0 Å². The molecule has 0 spiro atoms. The Morgan fingerprint density at radius 3 is 2.40 bits per heavy atom. The summed E-state index contributed by atoms with van der Waals surface area (Å²) in [7, 11) is -2.92. The number of sulfone groups is 1. The first-order valence-electron chi connectivity index (χ1n) is 5.22. The summed E-state index contributed by atoms with van der Waals surface area (Å²) >= 11 is 0. The number of halogens is 3. The van der Waals surface area contributed by atoms with E-state index in [2.05, 4.69) is 9.72 Å². The van der Waals surface area contributed by atoms with Gasteiger partial charge in [0.05, 0.1) is 5.75 Å². The lowest BCUT2D eigenvalue weighted by atomic mass is 10.5. The Bertz CT molecular complexity index is 620. The normalized spacial score (nSPS) is 12.4. The van der Waals surface area contributed by atoms with Crippen molar-refractivity contribution in [2.45, 2.75) is 18.1 Å². The number of ether oxygens (including phenoxy) is 1. The molecule has 0 aromatic carbocycles. The zero-order chi connectivity index (χ0) is 15.7. The summed E-state index contributed by atoms with van der Waals surface area (Å²) in [4.78, 5) is 14.2. The lowest BCUT2D eigenvalue weighted by molar-refractivity contribution is -0.155. The van der Waals surface area contributed by atoms with Crippen LogP contribution in [0, 0.1) is 0 Å². The number of imidazole rings is 1. The number of rotatable bonds is 5. The molecular weight excluding hydrogens is 305 g/mol. The first-order chi connectivity index (χ1) is 8.99. The number of aromatic carboxylic acids is 1. The maximum atomic E-state index is 12.0. The van der Waals surface area contributed by atoms with E-state index < -0.39 is 51.1 Å². The van der Waals surface area contributed by atoms with E-state index in [9.17, 15) is 26.4 Å². The smallest absolute Gasteiger partial charge is 0.422 e. The van der Waals surface area contributed by atoms with Crippen LogP contribution in [0.1, 0.15) is 17.4 Å². The highest BCUT2D eigenvalue weighted by molar-refractivity contribution is 7.91. The van der Waals surface area contributed by atoms with Gasteiger partial charge in [-0.2, -0.15) is 18.2 Å². The molecule has 0 aliphatic carbocycles. The molecule has 7 nitrogen and oxygen atoms in total. The van der Waals surface area contributed by atoms with Crippen LogP contribution in [0.25, 0.3) is 0 Å². The quantitative estimate of drug-likeness (QED) is 0.865. The summed E-state index contributed by atoms with van der Waals surface area (Å²) in [6.45, 7) is -0.438. The van der Waals surface area contributed by atoms with Crippen molar-refractivity contribution in [3.63, 3.8) is 0 Å². The van der Waals surface area contributed by atoms with Crippen molar-refractivity contribution in [3.8, 4) is 6.01 Å². The van der Waals surface area contributed by atoms with Crippen LogP contribution < -0.4 is 4.74 Å². The number of carbonyl (C=O) groups is 1. The standard InChI is InChI=1S/C9H11F3N2O5S/c1-3-20(17,18)6-5(7(15)16)13-8(14(6)2)19-4-9(10,11)12/h3-4H2,1-2H3,(H,15,16). The van der Waals surface area contributed by atoms with E-state index in [0.29, 0.717) is 4.57 Å². The highest BCUT2D eigenvalue weighted by atomic mass is 32.2. The monoisotopic (exact) mass is 316 g/mol. The highest BCUT2D eigenvalue weighted by Gasteiger charge is 2.33.